The van der Waals surface area contributed by atoms with Gasteiger partial charge in [-0.15, -0.1) is 0 Å². The number of aliphatic hydroxyl groups excluding tert-OH is 1. The quantitative estimate of drug-likeness (QED) is 0.777. The van der Waals surface area contributed by atoms with Crippen LogP contribution in [-0.2, 0) is 6.54 Å². The van der Waals surface area contributed by atoms with Crippen LogP contribution in [0.25, 0.3) is 22.6 Å². The van der Waals surface area contributed by atoms with Gasteiger partial charge in [-0.05, 0) is 18.6 Å². The van der Waals surface area contributed by atoms with Crippen LogP contribution in [0.15, 0.2) is 48.7 Å². The van der Waals surface area contributed by atoms with Crippen molar-refractivity contribution >= 4 is 11.2 Å². The summed E-state index contributed by atoms with van der Waals surface area (Å²) in [4.78, 5) is 9.05. The van der Waals surface area contributed by atoms with Crippen LogP contribution in [0.5, 0.6) is 0 Å². The molecule has 0 amide bonds. The summed E-state index contributed by atoms with van der Waals surface area (Å²) in [6.45, 7) is 0.884. The van der Waals surface area contributed by atoms with E-state index in [-0.39, 0.29) is 6.61 Å². The molecule has 0 saturated carbocycles. The number of aromatic nitrogens is 3. The number of fused-ring (bicyclic) bond motifs is 1. The van der Waals surface area contributed by atoms with E-state index in [0.717, 1.165) is 22.6 Å². The number of aliphatic hydroxyl groups is 1. The molecule has 96 valence electrons. The SMILES string of the molecule is OCCCn1c(-c2ccccc2)nc2cccnc21. The molecular formula is C15H15N3O. The van der Waals surface area contributed by atoms with Crippen molar-refractivity contribution in [2.45, 2.75) is 13.0 Å². The lowest BCUT2D eigenvalue weighted by atomic mass is 10.2. The number of imidazole rings is 1. The zero-order valence-corrected chi connectivity index (χ0v) is 10.5. The topological polar surface area (TPSA) is 50.9 Å². The lowest BCUT2D eigenvalue weighted by Crippen LogP contribution is -2.03. The molecule has 0 atom stereocenters. The average molecular weight is 253 g/mol. The Balaban J connectivity index is 2.17. The van der Waals surface area contributed by atoms with Crippen molar-refractivity contribution in [2.75, 3.05) is 6.61 Å². The molecule has 0 unspecified atom stereocenters. The number of benzene rings is 1. The van der Waals surface area contributed by atoms with Gasteiger partial charge in [0, 0.05) is 24.9 Å². The fourth-order valence-corrected chi connectivity index (χ4v) is 2.21. The van der Waals surface area contributed by atoms with Gasteiger partial charge in [0.15, 0.2) is 5.65 Å². The van der Waals surface area contributed by atoms with E-state index < -0.39 is 0 Å². The molecule has 0 spiro atoms. The standard InChI is InChI=1S/C15H15N3O/c19-11-5-10-18-14(12-6-2-1-3-7-12)17-13-8-4-9-16-15(13)18/h1-4,6-9,19H,5,10-11H2. The Labute approximate surface area is 111 Å². The minimum Gasteiger partial charge on any atom is -0.396 e. The van der Waals surface area contributed by atoms with E-state index in [1.807, 2.05) is 42.5 Å². The fraction of sp³-hybridized carbons (Fsp3) is 0.200. The molecule has 1 N–H and O–H groups in total. The summed E-state index contributed by atoms with van der Waals surface area (Å²) < 4.78 is 2.07. The molecule has 4 nitrogen and oxygen atoms in total. The highest BCUT2D eigenvalue weighted by molar-refractivity contribution is 5.76. The highest BCUT2D eigenvalue weighted by Gasteiger charge is 2.12. The van der Waals surface area contributed by atoms with Crippen LogP contribution in [0.4, 0.5) is 0 Å². The van der Waals surface area contributed by atoms with Gasteiger partial charge in [0.1, 0.15) is 11.3 Å². The van der Waals surface area contributed by atoms with Gasteiger partial charge in [-0.1, -0.05) is 30.3 Å². The van der Waals surface area contributed by atoms with E-state index in [1.54, 1.807) is 6.20 Å². The second-order valence-electron chi connectivity index (χ2n) is 4.38. The molecule has 3 rings (SSSR count). The Hall–Kier alpha value is -2.20. The van der Waals surface area contributed by atoms with Crippen LogP contribution in [0, 0.1) is 0 Å². The molecule has 0 fully saturated rings. The Bertz CT molecular complexity index is 676. The lowest BCUT2D eigenvalue weighted by molar-refractivity contribution is 0.280. The van der Waals surface area contributed by atoms with Crippen LogP contribution >= 0.6 is 0 Å². The summed E-state index contributed by atoms with van der Waals surface area (Å²) in [5, 5.41) is 9.04. The maximum Gasteiger partial charge on any atom is 0.160 e. The van der Waals surface area contributed by atoms with Gasteiger partial charge in [0.05, 0.1) is 0 Å². The van der Waals surface area contributed by atoms with Gasteiger partial charge in [-0.25, -0.2) is 9.97 Å². The molecule has 19 heavy (non-hydrogen) atoms. The molecule has 0 saturated heterocycles. The summed E-state index contributed by atoms with van der Waals surface area (Å²) >= 11 is 0. The van der Waals surface area contributed by atoms with E-state index in [1.165, 1.54) is 0 Å². The Morgan fingerprint density at radius 3 is 2.68 bits per heavy atom. The molecule has 2 aromatic heterocycles. The third-order valence-electron chi connectivity index (χ3n) is 3.08. The van der Waals surface area contributed by atoms with Crippen molar-refractivity contribution in [3.05, 3.63) is 48.7 Å². The third kappa shape index (κ3) is 2.22. The predicted octanol–water partition coefficient (Wildman–Crippen LogP) is 2.48. The first kappa shape index (κ1) is 11.9. The first-order valence-electron chi connectivity index (χ1n) is 6.37. The van der Waals surface area contributed by atoms with Crippen molar-refractivity contribution in [3.8, 4) is 11.4 Å². The van der Waals surface area contributed by atoms with E-state index in [2.05, 4.69) is 14.5 Å². The molecule has 0 radical (unpaired) electrons. The Morgan fingerprint density at radius 2 is 1.89 bits per heavy atom. The number of hydrogen-bond donors (Lipinski definition) is 1. The Morgan fingerprint density at radius 1 is 1.05 bits per heavy atom. The van der Waals surface area contributed by atoms with Crippen LogP contribution in [-0.4, -0.2) is 26.2 Å². The summed E-state index contributed by atoms with van der Waals surface area (Å²) in [7, 11) is 0. The molecule has 0 aliphatic heterocycles. The number of nitrogens with zero attached hydrogens (tertiary/aromatic N) is 3. The minimum absolute atomic E-state index is 0.167. The van der Waals surface area contributed by atoms with Gasteiger partial charge >= 0.3 is 0 Å². The smallest absolute Gasteiger partial charge is 0.160 e. The van der Waals surface area contributed by atoms with E-state index in [9.17, 15) is 0 Å². The zero-order valence-electron chi connectivity index (χ0n) is 10.5. The molecular weight excluding hydrogens is 238 g/mol. The van der Waals surface area contributed by atoms with Crippen molar-refractivity contribution in [1.29, 1.82) is 0 Å². The average Bonchev–Trinajstić information content (AvgIpc) is 2.85. The molecule has 1 aromatic carbocycles. The van der Waals surface area contributed by atoms with Gasteiger partial charge in [0.2, 0.25) is 0 Å². The van der Waals surface area contributed by atoms with Crippen molar-refractivity contribution < 1.29 is 5.11 Å². The minimum atomic E-state index is 0.167. The monoisotopic (exact) mass is 253 g/mol. The normalized spacial score (nSPS) is 11.0. The van der Waals surface area contributed by atoms with Gasteiger partial charge in [-0.2, -0.15) is 0 Å². The predicted molar refractivity (Wildman–Crippen MR) is 74.7 cm³/mol. The number of pyridine rings is 1. The molecule has 3 aromatic rings. The highest BCUT2D eigenvalue weighted by Crippen LogP contribution is 2.23. The van der Waals surface area contributed by atoms with Crippen molar-refractivity contribution in [2.24, 2.45) is 0 Å². The summed E-state index contributed by atoms with van der Waals surface area (Å²) in [6.07, 6.45) is 2.47. The zero-order chi connectivity index (χ0) is 13.1. The summed E-state index contributed by atoms with van der Waals surface area (Å²) in [5.74, 6) is 0.905. The second-order valence-corrected chi connectivity index (χ2v) is 4.38. The molecule has 2 heterocycles. The number of aryl methyl sites for hydroxylation is 1. The second kappa shape index (κ2) is 5.20. The highest BCUT2D eigenvalue weighted by atomic mass is 16.3. The number of hydrogen-bond acceptors (Lipinski definition) is 3. The van der Waals surface area contributed by atoms with Gasteiger partial charge in [0.25, 0.3) is 0 Å². The Kier molecular flexibility index (Phi) is 3.25. The lowest BCUT2D eigenvalue weighted by Gasteiger charge is -2.07. The maximum atomic E-state index is 9.04. The molecule has 0 bridgehead atoms. The van der Waals surface area contributed by atoms with E-state index >= 15 is 0 Å². The van der Waals surface area contributed by atoms with Crippen molar-refractivity contribution in [3.63, 3.8) is 0 Å². The maximum absolute atomic E-state index is 9.04. The molecule has 4 heteroatoms. The van der Waals surface area contributed by atoms with Crippen molar-refractivity contribution in [1.82, 2.24) is 14.5 Å². The van der Waals surface area contributed by atoms with Gasteiger partial charge in [-0.3, -0.25) is 0 Å². The van der Waals surface area contributed by atoms with Gasteiger partial charge < -0.3 is 9.67 Å². The number of rotatable bonds is 4. The largest absolute Gasteiger partial charge is 0.396 e. The van der Waals surface area contributed by atoms with Crippen LogP contribution in [0.1, 0.15) is 6.42 Å². The first-order chi connectivity index (χ1) is 9.40. The van der Waals surface area contributed by atoms with Crippen LogP contribution in [0.3, 0.4) is 0 Å². The van der Waals surface area contributed by atoms with E-state index in [0.29, 0.717) is 13.0 Å². The fourth-order valence-electron chi connectivity index (χ4n) is 2.21. The van der Waals surface area contributed by atoms with E-state index in [4.69, 9.17) is 5.11 Å². The first-order valence-corrected chi connectivity index (χ1v) is 6.37. The van der Waals surface area contributed by atoms with Crippen LogP contribution < -0.4 is 0 Å². The molecule has 0 aliphatic carbocycles. The van der Waals surface area contributed by atoms with Crippen LogP contribution in [0.2, 0.25) is 0 Å². The summed E-state index contributed by atoms with van der Waals surface area (Å²) in [5.41, 5.74) is 2.83. The molecule has 0 aliphatic rings. The summed E-state index contributed by atoms with van der Waals surface area (Å²) in [6, 6.07) is 13.9. The third-order valence-corrected chi connectivity index (χ3v) is 3.08.